The van der Waals surface area contributed by atoms with Crippen LogP contribution in [0.15, 0.2) is 17.1 Å². The molecule has 0 saturated carbocycles. The van der Waals surface area contributed by atoms with Crippen molar-refractivity contribution >= 4 is 11.6 Å². The van der Waals surface area contributed by atoms with Crippen LogP contribution in [0.3, 0.4) is 0 Å². The summed E-state index contributed by atoms with van der Waals surface area (Å²) in [6, 6.07) is 4.06. The Bertz CT molecular complexity index is 489. The van der Waals surface area contributed by atoms with Crippen molar-refractivity contribution in [3.05, 3.63) is 34.4 Å². The molecular weight excluding hydrogens is 212 g/mol. The summed E-state index contributed by atoms with van der Waals surface area (Å²) >= 11 is 0. The van der Waals surface area contributed by atoms with E-state index in [1.165, 1.54) is 11.1 Å². The minimum absolute atomic E-state index is 0.152. The largest absolute Gasteiger partial charge is 0.372 e. The number of benzene rings is 1. The fraction of sp³-hybridized carbons (Fsp3) is 0.429. The Morgan fingerprint density at radius 1 is 1.24 bits per heavy atom. The van der Waals surface area contributed by atoms with Gasteiger partial charge in [-0.2, -0.15) is 0 Å². The molecule has 0 fully saturated rings. The summed E-state index contributed by atoms with van der Waals surface area (Å²) in [6.07, 6.45) is 0.392. The zero-order valence-corrected chi connectivity index (χ0v) is 10.6. The van der Waals surface area contributed by atoms with E-state index in [-0.39, 0.29) is 5.78 Å². The Kier molecular flexibility index (Phi) is 3.27. The number of carbonyl (C=O) groups excluding carboxylic acids is 1. The Hall–Kier alpha value is -1.64. The molecule has 1 N–H and O–H groups in total. The van der Waals surface area contributed by atoms with Crippen LogP contribution in [0, 0.1) is 20.8 Å². The molecule has 1 heterocycles. The highest BCUT2D eigenvalue weighted by atomic mass is 16.1. The van der Waals surface area contributed by atoms with Crippen LogP contribution in [0.4, 0.5) is 0 Å². The molecule has 17 heavy (non-hydrogen) atoms. The van der Waals surface area contributed by atoms with Gasteiger partial charge < -0.3 is 5.32 Å². The van der Waals surface area contributed by atoms with E-state index >= 15 is 0 Å². The first kappa shape index (κ1) is 11.8. The van der Waals surface area contributed by atoms with Crippen LogP contribution in [0.1, 0.15) is 33.5 Å². The molecular formula is C14H18N2O. The number of ketones is 1. The number of hydrogen-bond acceptors (Lipinski definition) is 3. The van der Waals surface area contributed by atoms with Gasteiger partial charge in [0.15, 0.2) is 5.78 Å². The fourth-order valence-corrected chi connectivity index (χ4v) is 2.07. The number of nitrogens with zero attached hydrogens (tertiary/aromatic N) is 1. The van der Waals surface area contributed by atoms with Crippen molar-refractivity contribution in [2.24, 2.45) is 4.99 Å². The third-order valence-corrected chi connectivity index (χ3v) is 3.21. The molecule has 2 rings (SSSR count). The van der Waals surface area contributed by atoms with Gasteiger partial charge in [0.05, 0.1) is 13.0 Å². The molecule has 0 bridgehead atoms. The van der Waals surface area contributed by atoms with Gasteiger partial charge >= 0.3 is 0 Å². The smallest absolute Gasteiger partial charge is 0.170 e. The maximum absolute atomic E-state index is 12.2. The van der Waals surface area contributed by atoms with Gasteiger partial charge in [0.1, 0.15) is 5.84 Å². The highest BCUT2D eigenvalue weighted by Crippen LogP contribution is 2.17. The molecule has 0 atom stereocenters. The average molecular weight is 230 g/mol. The van der Waals surface area contributed by atoms with E-state index in [0.717, 1.165) is 30.1 Å². The number of aryl methyl sites for hydroxylation is 3. The first-order chi connectivity index (χ1) is 8.08. The molecule has 1 aliphatic rings. The van der Waals surface area contributed by atoms with Gasteiger partial charge in [-0.15, -0.1) is 0 Å². The first-order valence-corrected chi connectivity index (χ1v) is 5.96. The molecule has 0 aromatic heterocycles. The molecule has 1 aromatic carbocycles. The lowest BCUT2D eigenvalue weighted by atomic mass is 9.97. The first-order valence-electron chi connectivity index (χ1n) is 5.96. The lowest BCUT2D eigenvalue weighted by Gasteiger charge is -2.09. The highest BCUT2D eigenvalue weighted by molar-refractivity contribution is 6.10. The standard InChI is InChI=1S/C14H18N2O/c1-9-6-11(3)12(7-10(9)2)13(17)8-14-15-4-5-16-14/h6-7H,4-5,8H2,1-3H3,(H,15,16). The molecule has 0 spiro atoms. The van der Waals surface area contributed by atoms with E-state index in [1.807, 2.05) is 19.9 Å². The maximum Gasteiger partial charge on any atom is 0.170 e. The molecule has 0 amide bonds. The van der Waals surface area contributed by atoms with Crippen molar-refractivity contribution in [3.8, 4) is 0 Å². The quantitative estimate of drug-likeness (QED) is 0.809. The van der Waals surface area contributed by atoms with Crippen molar-refractivity contribution in [3.63, 3.8) is 0 Å². The van der Waals surface area contributed by atoms with Crippen molar-refractivity contribution < 1.29 is 4.79 Å². The number of carbonyl (C=O) groups is 1. The Labute approximate surface area is 102 Å². The van der Waals surface area contributed by atoms with E-state index in [1.54, 1.807) is 0 Å². The van der Waals surface area contributed by atoms with Crippen LogP contribution in [0.2, 0.25) is 0 Å². The van der Waals surface area contributed by atoms with Crippen molar-refractivity contribution in [1.29, 1.82) is 0 Å². The fourth-order valence-electron chi connectivity index (χ4n) is 2.07. The number of rotatable bonds is 3. The number of hydrogen-bond donors (Lipinski definition) is 1. The molecule has 90 valence electrons. The van der Waals surface area contributed by atoms with Gasteiger partial charge in [-0.25, -0.2) is 0 Å². The Balaban J connectivity index is 2.21. The monoisotopic (exact) mass is 230 g/mol. The number of Topliss-reactive ketones (excluding diaryl/α,β-unsaturated/α-hetero) is 1. The van der Waals surface area contributed by atoms with Gasteiger partial charge in [0.25, 0.3) is 0 Å². The minimum atomic E-state index is 0.152. The molecule has 3 nitrogen and oxygen atoms in total. The number of amidine groups is 1. The van der Waals surface area contributed by atoms with E-state index in [2.05, 4.69) is 23.3 Å². The summed E-state index contributed by atoms with van der Waals surface area (Å²) in [6.45, 7) is 7.74. The Morgan fingerprint density at radius 2 is 1.94 bits per heavy atom. The van der Waals surface area contributed by atoms with E-state index in [4.69, 9.17) is 0 Å². The van der Waals surface area contributed by atoms with Crippen molar-refractivity contribution in [1.82, 2.24) is 5.32 Å². The summed E-state index contributed by atoms with van der Waals surface area (Å²) in [5.41, 5.74) is 4.27. The number of nitrogens with one attached hydrogen (secondary N) is 1. The molecule has 0 radical (unpaired) electrons. The van der Waals surface area contributed by atoms with Crippen LogP contribution in [-0.2, 0) is 0 Å². The lowest BCUT2D eigenvalue weighted by molar-refractivity contribution is 0.0999. The third-order valence-electron chi connectivity index (χ3n) is 3.21. The van der Waals surface area contributed by atoms with Crippen LogP contribution < -0.4 is 5.32 Å². The topological polar surface area (TPSA) is 41.5 Å². The second-order valence-electron chi connectivity index (χ2n) is 4.61. The van der Waals surface area contributed by atoms with E-state index < -0.39 is 0 Å². The maximum atomic E-state index is 12.2. The molecule has 1 aliphatic heterocycles. The lowest BCUT2D eigenvalue weighted by Crippen LogP contribution is -2.22. The SMILES string of the molecule is Cc1cc(C)c(C(=O)CC2=NCCN2)cc1C. The molecule has 3 heteroatoms. The molecule has 0 aliphatic carbocycles. The summed E-state index contributed by atoms with van der Waals surface area (Å²) < 4.78 is 0. The van der Waals surface area contributed by atoms with Gasteiger partial charge in [0, 0.05) is 12.1 Å². The van der Waals surface area contributed by atoms with Gasteiger partial charge in [-0.1, -0.05) is 6.07 Å². The summed E-state index contributed by atoms with van der Waals surface area (Å²) in [5, 5.41) is 3.13. The normalized spacial score (nSPS) is 14.4. The van der Waals surface area contributed by atoms with Crippen molar-refractivity contribution in [2.45, 2.75) is 27.2 Å². The van der Waals surface area contributed by atoms with Gasteiger partial charge in [0.2, 0.25) is 0 Å². The van der Waals surface area contributed by atoms with Crippen LogP contribution >= 0.6 is 0 Å². The second kappa shape index (κ2) is 4.70. The second-order valence-corrected chi connectivity index (χ2v) is 4.61. The number of aliphatic imine (C=N–C) groups is 1. The summed E-state index contributed by atoms with van der Waals surface area (Å²) in [5.74, 6) is 0.978. The predicted octanol–water partition coefficient (Wildman–Crippen LogP) is 2.19. The minimum Gasteiger partial charge on any atom is -0.372 e. The molecule has 1 aromatic rings. The van der Waals surface area contributed by atoms with Crippen LogP contribution in [0.5, 0.6) is 0 Å². The highest BCUT2D eigenvalue weighted by Gasteiger charge is 2.15. The van der Waals surface area contributed by atoms with E-state index in [9.17, 15) is 4.79 Å². The zero-order valence-electron chi connectivity index (χ0n) is 10.6. The Morgan fingerprint density at radius 3 is 2.59 bits per heavy atom. The predicted molar refractivity (Wildman–Crippen MR) is 69.9 cm³/mol. The van der Waals surface area contributed by atoms with Crippen molar-refractivity contribution in [2.75, 3.05) is 13.1 Å². The van der Waals surface area contributed by atoms with Gasteiger partial charge in [-0.3, -0.25) is 9.79 Å². The van der Waals surface area contributed by atoms with Crippen LogP contribution in [0.25, 0.3) is 0 Å². The van der Waals surface area contributed by atoms with E-state index in [0.29, 0.717) is 6.42 Å². The summed E-state index contributed by atoms with van der Waals surface area (Å²) in [7, 11) is 0. The third kappa shape index (κ3) is 2.54. The zero-order chi connectivity index (χ0) is 12.4. The van der Waals surface area contributed by atoms with Gasteiger partial charge in [-0.05, 0) is 43.5 Å². The average Bonchev–Trinajstić information content (AvgIpc) is 2.76. The van der Waals surface area contributed by atoms with Crippen LogP contribution in [-0.4, -0.2) is 24.7 Å². The molecule has 0 saturated heterocycles. The summed E-state index contributed by atoms with van der Waals surface area (Å²) in [4.78, 5) is 16.4. The molecule has 0 unspecified atom stereocenters.